The van der Waals surface area contributed by atoms with Gasteiger partial charge in [0.2, 0.25) is 0 Å². The van der Waals surface area contributed by atoms with Crippen LogP contribution in [0.4, 0.5) is 10.2 Å². The summed E-state index contributed by atoms with van der Waals surface area (Å²) in [4.78, 5) is 12.6. The monoisotopic (exact) mass is 430 g/mol. The van der Waals surface area contributed by atoms with Crippen molar-refractivity contribution in [3.05, 3.63) is 65.2 Å². The third kappa shape index (κ3) is 3.34. The third-order valence-corrected chi connectivity index (χ3v) is 5.93. The molecule has 4 rings (SSSR count). The van der Waals surface area contributed by atoms with Gasteiger partial charge in [0.1, 0.15) is 5.82 Å². The summed E-state index contributed by atoms with van der Waals surface area (Å²) >= 11 is 7.31. The first-order valence-corrected chi connectivity index (χ1v) is 9.92. The smallest absolute Gasteiger partial charge is 0.335 e. The van der Waals surface area contributed by atoms with E-state index in [1.165, 1.54) is 23.9 Å². The van der Waals surface area contributed by atoms with Crippen LogP contribution in [-0.2, 0) is 6.54 Å². The van der Waals surface area contributed by atoms with Gasteiger partial charge in [0.15, 0.2) is 5.82 Å². The highest BCUT2D eigenvalue weighted by Crippen LogP contribution is 2.43. The minimum atomic E-state index is -1.02. The molecule has 3 N–H and O–H groups in total. The molecule has 0 amide bonds. The minimum Gasteiger partial charge on any atom is -0.478 e. The molecule has 0 saturated heterocycles. The van der Waals surface area contributed by atoms with Gasteiger partial charge >= 0.3 is 5.97 Å². The largest absolute Gasteiger partial charge is 0.478 e. The van der Waals surface area contributed by atoms with Crippen molar-refractivity contribution in [2.75, 3.05) is 5.73 Å². The quantitative estimate of drug-likeness (QED) is 0.461. The molecule has 0 atom stereocenters. The second kappa shape index (κ2) is 7.46. The molecule has 2 aromatic carbocycles. The Labute approximate surface area is 174 Å². The fourth-order valence-electron chi connectivity index (χ4n) is 3.13. The van der Waals surface area contributed by atoms with Gasteiger partial charge in [-0.15, -0.1) is 0 Å². The van der Waals surface area contributed by atoms with Gasteiger partial charge in [0, 0.05) is 23.0 Å². The number of nitrogens with zero attached hydrogens (tertiary/aromatic N) is 3. The van der Waals surface area contributed by atoms with E-state index in [9.17, 15) is 9.90 Å². The van der Waals surface area contributed by atoms with Gasteiger partial charge in [0.25, 0.3) is 0 Å². The number of rotatable bonds is 5. The molecular formula is C20H16ClFN4O2S. The van der Waals surface area contributed by atoms with Crippen molar-refractivity contribution in [1.29, 1.82) is 0 Å². The number of fused-ring (bicyclic) bond motifs is 1. The topological polar surface area (TPSA) is 86.1 Å². The standard InChI is InChI=1S/C20H16ClFN4O2S/c1-2-25-10-12(9-24-25)26-17-14(6-7-15(21)16(17)22)18(19(26)23)29-13-5-3-4-11(8-13)20(27)28/h3-10H,2,23H2,1H3,(H,27,28). The van der Waals surface area contributed by atoms with Gasteiger partial charge in [0.05, 0.1) is 32.9 Å². The van der Waals surface area contributed by atoms with E-state index in [-0.39, 0.29) is 16.1 Å². The van der Waals surface area contributed by atoms with Gasteiger partial charge in [-0.2, -0.15) is 5.10 Å². The lowest BCUT2D eigenvalue weighted by atomic mass is 10.2. The van der Waals surface area contributed by atoms with Crippen LogP contribution in [0.25, 0.3) is 16.6 Å². The molecular weight excluding hydrogens is 415 g/mol. The zero-order valence-electron chi connectivity index (χ0n) is 15.3. The number of aryl methyl sites for hydroxylation is 1. The van der Waals surface area contributed by atoms with Gasteiger partial charge in [-0.25, -0.2) is 9.18 Å². The van der Waals surface area contributed by atoms with E-state index < -0.39 is 11.8 Å². The molecule has 0 spiro atoms. The molecule has 0 aliphatic heterocycles. The number of carbonyl (C=O) groups is 1. The van der Waals surface area contributed by atoms with Crippen LogP contribution in [0.2, 0.25) is 5.02 Å². The van der Waals surface area contributed by atoms with Crippen LogP contribution in [0, 0.1) is 5.82 Å². The van der Waals surface area contributed by atoms with Crippen LogP contribution in [0.5, 0.6) is 0 Å². The summed E-state index contributed by atoms with van der Waals surface area (Å²) in [5.41, 5.74) is 7.47. The van der Waals surface area contributed by atoms with Gasteiger partial charge in [-0.1, -0.05) is 29.4 Å². The van der Waals surface area contributed by atoms with E-state index in [0.29, 0.717) is 33.2 Å². The number of hydrogen-bond donors (Lipinski definition) is 2. The van der Waals surface area contributed by atoms with Crippen molar-refractivity contribution in [3.8, 4) is 5.69 Å². The number of aromatic nitrogens is 3. The molecule has 0 fully saturated rings. The summed E-state index contributed by atoms with van der Waals surface area (Å²) < 4.78 is 18.3. The Balaban J connectivity index is 1.93. The second-order valence-electron chi connectivity index (χ2n) is 6.30. The Bertz CT molecular complexity index is 1250. The number of benzene rings is 2. The maximum absolute atomic E-state index is 15.0. The van der Waals surface area contributed by atoms with Gasteiger partial charge < -0.3 is 10.8 Å². The number of halogens is 2. The zero-order valence-corrected chi connectivity index (χ0v) is 16.8. The predicted octanol–water partition coefficient (Wildman–Crippen LogP) is 5.07. The molecule has 6 nitrogen and oxygen atoms in total. The average molecular weight is 431 g/mol. The minimum absolute atomic E-state index is 0.0106. The highest BCUT2D eigenvalue weighted by molar-refractivity contribution is 7.99. The van der Waals surface area contributed by atoms with Crippen LogP contribution < -0.4 is 5.73 Å². The molecule has 4 aromatic rings. The molecule has 148 valence electrons. The first kappa shape index (κ1) is 19.4. The maximum atomic E-state index is 15.0. The van der Waals surface area contributed by atoms with Crippen molar-refractivity contribution in [2.24, 2.45) is 0 Å². The summed E-state index contributed by atoms with van der Waals surface area (Å²) in [7, 11) is 0. The van der Waals surface area contributed by atoms with Crippen LogP contribution in [-0.4, -0.2) is 25.4 Å². The molecule has 0 saturated carbocycles. The normalized spacial score (nSPS) is 11.3. The van der Waals surface area contributed by atoms with Crippen LogP contribution in [0.1, 0.15) is 17.3 Å². The van der Waals surface area contributed by atoms with Crippen molar-refractivity contribution in [3.63, 3.8) is 0 Å². The number of aromatic carboxylic acids is 1. The lowest BCUT2D eigenvalue weighted by Gasteiger charge is -2.06. The van der Waals surface area contributed by atoms with Crippen LogP contribution in [0.3, 0.4) is 0 Å². The lowest BCUT2D eigenvalue weighted by molar-refractivity contribution is 0.0696. The Morgan fingerprint density at radius 3 is 2.83 bits per heavy atom. The molecule has 0 aliphatic carbocycles. The van der Waals surface area contributed by atoms with E-state index in [4.69, 9.17) is 17.3 Å². The molecule has 9 heteroatoms. The predicted molar refractivity (Wildman–Crippen MR) is 112 cm³/mol. The van der Waals surface area contributed by atoms with E-state index >= 15 is 4.39 Å². The molecule has 0 radical (unpaired) electrons. The van der Waals surface area contributed by atoms with E-state index in [2.05, 4.69) is 5.10 Å². The number of anilines is 1. The first-order chi connectivity index (χ1) is 13.9. The molecule has 29 heavy (non-hydrogen) atoms. The highest BCUT2D eigenvalue weighted by Gasteiger charge is 2.22. The number of carboxylic acid groups (broad SMARTS) is 1. The molecule has 2 heterocycles. The number of carboxylic acids is 1. The van der Waals surface area contributed by atoms with E-state index in [0.717, 1.165) is 0 Å². The van der Waals surface area contributed by atoms with Crippen molar-refractivity contribution in [2.45, 2.75) is 23.3 Å². The van der Waals surface area contributed by atoms with Gasteiger partial charge in [-0.05, 0) is 37.3 Å². The van der Waals surface area contributed by atoms with E-state index in [1.807, 2.05) is 6.92 Å². The zero-order chi connectivity index (χ0) is 20.7. The molecule has 0 aliphatic rings. The third-order valence-electron chi connectivity index (χ3n) is 4.51. The Hall–Kier alpha value is -2.97. The van der Waals surface area contributed by atoms with Crippen LogP contribution in [0.15, 0.2) is 58.6 Å². The number of nitrogens with two attached hydrogens (primary N) is 1. The number of nitrogen functional groups attached to an aromatic ring is 1. The lowest BCUT2D eigenvalue weighted by Crippen LogP contribution is -2.01. The maximum Gasteiger partial charge on any atom is 0.335 e. The fourth-order valence-corrected chi connectivity index (χ4v) is 4.32. The summed E-state index contributed by atoms with van der Waals surface area (Å²) in [6.07, 6.45) is 3.38. The average Bonchev–Trinajstić information content (AvgIpc) is 3.28. The number of hydrogen-bond acceptors (Lipinski definition) is 4. The molecule has 2 aromatic heterocycles. The fraction of sp³-hybridized carbons (Fsp3) is 0.100. The summed E-state index contributed by atoms with van der Waals surface area (Å²) in [6.45, 7) is 2.61. The van der Waals surface area contributed by atoms with E-state index in [1.54, 1.807) is 45.9 Å². The molecule has 0 bridgehead atoms. The van der Waals surface area contributed by atoms with Gasteiger partial charge in [-0.3, -0.25) is 9.25 Å². The summed E-state index contributed by atoms with van der Waals surface area (Å²) in [5.74, 6) is -1.28. The second-order valence-corrected chi connectivity index (χ2v) is 7.79. The Kier molecular flexibility index (Phi) is 4.97. The van der Waals surface area contributed by atoms with Crippen molar-refractivity contribution in [1.82, 2.24) is 14.3 Å². The summed E-state index contributed by atoms with van der Waals surface area (Å²) in [5, 5.41) is 14.1. The van der Waals surface area contributed by atoms with Crippen molar-refractivity contribution < 1.29 is 14.3 Å². The Morgan fingerprint density at radius 2 is 2.14 bits per heavy atom. The SMILES string of the molecule is CCn1cc(-n2c(N)c(Sc3cccc(C(=O)O)c3)c3ccc(Cl)c(F)c32)cn1. The van der Waals surface area contributed by atoms with Crippen molar-refractivity contribution >= 4 is 46.1 Å². The summed E-state index contributed by atoms with van der Waals surface area (Å²) in [6, 6.07) is 9.69. The van der Waals surface area contributed by atoms with Crippen LogP contribution >= 0.6 is 23.4 Å². The Morgan fingerprint density at radius 1 is 1.34 bits per heavy atom. The highest BCUT2D eigenvalue weighted by atomic mass is 35.5. The first-order valence-electron chi connectivity index (χ1n) is 8.72. The molecule has 0 unspecified atom stereocenters.